The first kappa shape index (κ1) is 17.9. The van der Waals surface area contributed by atoms with Crippen LogP contribution in [0.3, 0.4) is 0 Å². The van der Waals surface area contributed by atoms with Gasteiger partial charge in [-0.2, -0.15) is 0 Å². The zero-order valence-corrected chi connectivity index (χ0v) is 17.1. The molecule has 19 heavy (non-hydrogen) atoms. The van der Waals surface area contributed by atoms with Crippen molar-refractivity contribution < 1.29 is 4.43 Å². The van der Waals surface area contributed by atoms with E-state index < -0.39 is 8.32 Å². The molecule has 1 nitrogen and oxygen atoms in total. The van der Waals surface area contributed by atoms with Crippen LogP contribution in [-0.2, 0) is 4.43 Å². The van der Waals surface area contributed by atoms with Gasteiger partial charge in [0.05, 0.1) is 3.39 Å². The third kappa shape index (κ3) is 6.02. The second-order valence-electron chi connectivity index (χ2n) is 7.32. The molecule has 0 bridgehead atoms. The van der Waals surface area contributed by atoms with Crippen molar-refractivity contribution in [3.63, 3.8) is 0 Å². The Bertz CT molecular complexity index is 317. The molecule has 2 unspecified atom stereocenters. The molecule has 0 heterocycles. The van der Waals surface area contributed by atoms with Crippen molar-refractivity contribution in [1.82, 2.24) is 0 Å². The van der Waals surface area contributed by atoms with Crippen LogP contribution in [0.2, 0.25) is 18.1 Å². The Morgan fingerprint density at radius 2 is 1.89 bits per heavy atom. The fraction of sp³-hybridized carbons (Fsp3) is 0.867. The van der Waals surface area contributed by atoms with Crippen molar-refractivity contribution in [1.29, 1.82) is 0 Å². The van der Waals surface area contributed by atoms with E-state index in [0.29, 0.717) is 11.0 Å². The molecule has 0 aliphatic heterocycles. The van der Waals surface area contributed by atoms with Crippen LogP contribution < -0.4 is 0 Å². The molecule has 1 fully saturated rings. The van der Waals surface area contributed by atoms with Gasteiger partial charge in [-0.25, -0.2) is 0 Å². The SMILES string of the molecule is CC(C)(C)[Si](C)(C)OCC1CCCC(C=C(Br)Br)C1. The minimum absolute atomic E-state index is 0.319. The molecule has 1 aliphatic rings. The van der Waals surface area contributed by atoms with Crippen molar-refractivity contribution in [2.24, 2.45) is 11.8 Å². The Kier molecular flexibility index (Phi) is 6.83. The molecule has 0 radical (unpaired) electrons. The summed E-state index contributed by atoms with van der Waals surface area (Å²) in [5.74, 6) is 1.44. The molecule has 4 heteroatoms. The average molecular weight is 412 g/mol. The standard InChI is InChI=1S/C15H28Br2OSi/c1-15(2,3)19(4,5)18-11-13-8-6-7-12(9-13)10-14(16)17/h10,12-13H,6-9,11H2,1-5H3. The van der Waals surface area contributed by atoms with Crippen LogP contribution in [0.4, 0.5) is 0 Å². The largest absolute Gasteiger partial charge is 0.417 e. The summed E-state index contributed by atoms with van der Waals surface area (Å²) >= 11 is 6.96. The van der Waals surface area contributed by atoms with Gasteiger partial charge in [-0.3, -0.25) is 0 Å². The summed E-state index contributed by atoms with van der Waals surface area (Å²) < 4.78 is 7.47. The lowest BCUT2D eigenvalue weighted by Gasteiger charge is -2.38. The number of hydrogen-bond donors (Lipinski definition) is 0. The molecule has 2 atom stereocenters. The second-order valence-corrected chi connectivity index (χ2v) is 14.9. The van der Waals surface area contributed by atoms with Gasteiger partial charge in [-0.1, -0.05) is 33.3 Å². The third-order valence-corrected chi connectivity index (χ3v) is 9.70. The smallest absolute Gasteiger partial charge is 0.191 e. The maximum atomic E-state index is 6.38. The van der Waals surface area contributed by atoms with Crippen LogP contribution in [0, 0.1) is 11.8 Å². The Morgan fingerprint density at radius 1 is 1.26 bits per heavy atom. The molecule has 0 amide bonds. The van der Waals surface area contributed by atoms with Crippen LogP contribution in [0.15, 0.2) is 9.47 Å². The molecule has 1 saturated carbocycles. The molecule has 112 valence electrons. The summed E-state index contributed by atoms with van der Waals surface area (Å²) in [4.78, 5) is 0. The highest BCUT2D eigenvalue weighted by Crippen LogP contribution is 2.38. The predicted octanol–water partition coefficient (Wildman–Crippen LogP) is 6.45. The molecule has 0 aromatic heterocycles. The number of allylic oxidation sites excluding steroid dienone is 1. The maximum Gasteiger partial charge on any atom is 0.191 e. The first-order chi connectivity index (χ1) is 8.62. The fourth-order valence-corrected chi connectivity index (χ4v) is 4.19. The monoisotopic (exact) mass is 410 g/mol. The first-order valence-electron chi connectivity index (χ1n) is 7.28. The number of halogens is 2. The normalized spacial score (nSPS) is 25.2. The van der Waals surface area contributed by atoms with E-state index in [1.165, 1.54) is 25.7 Å². The minimum atomic E-state index is -1.58. The number of rotatable bonds is 4. The zero-order chi connectivity index (χ0) is 14.7. The van der Waals surface area contributed by atoms with E-state index in [1.54, 1.807) is 0 Å². The predicted molar refractivity (Wildman–Crippen MR) is 94.5 cm³/mol. The molecule has 0 N–H and O–H groups in total. The topological polar surface area (TPSA) is 9.23 Å². The van der Waals surface area contributed by atoms with Crippen LogP contribution >= 0.6 is 31.9 Å². The van der Waals surface area contributed by atoms with Crippen molar-refractivity contribution in [3.8, 4) is 0 Å². The lowest BCUT2D eigenvalue weighted by atomic mass is 9.82. The van der Waals surface area contributed by atoms with Gasteiger partial charge < -0.3 is 4.43 Å². The molecular formula is C15H28Br2OSi. The summed E-state index contributed by atoms with van der Waals surface area (Å²) in [5.41, 5.74) is 0. The lowest BCUT2D eigenvalue weighted by molar-refractivity contribution is 0.177. The number of hydrogen-bond acceptors (Lipinski definition) is 1. The van der Waals surface area contributed by atoms with Gasteiger partial charge in [0.25, 0.3) is 0 Å². The van der Waals surface area contributed by atoms with Crippen LogP contribution in [0.25, 0.3) is 0 Å². The third-order valence-electron chi connectivity index (χ3n) is 4.67. The highest BCUT2D eigenvalue weighted by molar-refractivity contribution is 9.28. The van der Waals surface area contributed by atoms with E-state index in [4.69, 9.17) is 4.43 Å². The molecular weight excluding hydrogens is 384 g/mol. The van der Waals surface area contributed by atoms with Gasteiger partial charge in [0.1, 0.15) is 0 Å². The highest BCUT2D eigenvalue weighted by atomic mass is 79.9. The quantitative estimate of drug-likeness (QED) is 0.483. The Hall–Kier alpha value is 0.877. The van der Waals surface area contributed by atoms with Gasteiger partial charge in [0.15, 0.2) is 8.32 Å². The van der Waals surface area contributed by atoms with Crippen molar-refractivity contribution >= 4 is 40.2 Å². The van der Waals surface area contributed by atoms with Crippen LogP contribution in [-0.4, -0.2) is 14.9 Å². The van der Waals surface area contributed by atoms with E-state index in [0.717, 1.165) is 15.9 Å². The molecule has 1 rings (SSSR count). The van der Waals surface area contributed by atoms with Crippen LogP contribution in [0.5, 0.6) is 0 Å². The molecule has 0 aromatic carbocycles. The van der Waals surface area contributed by atoms with Crippen molar-refractivity contribution in [3.05, 3.63) is 9.47 Å². The van der Waals surface area contributed by atoms with Gasteiger partial charge in [0.2, 0.25) is 0 Å². The van der Waals surface area contributed by atoms with Gasteiger partial charge >= 0.3 is 0 Å². The van der Waals surface area contributed by atoms with Crippen molar-refractivity contribution in [2.75, 3.05) is 6.61 Å². The van der Waals surface area contributed by atoms with E-state index in [1.807, 2.05) is 0 Å². The summed E-state index contributed by atoms with van der Waals surface area (Å²) in [6.45, 7) is 12.6. The van der Waals surface area contributed by atoms with E-state index in [-0.39, 0.29) is 0 Å². The van der Waals surface area contributed by atoms with Gasteiger partial charge in [-0.05, 0) is 81.1 Å². The Balaban J connectivity index is 2.48. The van der Waals surface area contributed by atoms with E-state index in [9.17, 15) is 0 Å². The fourth-order valence-electron chi connectivity index (χ4n) is 2.36. The Labute approximate surface area is 137 Å². The van der Waals surface area contributed by atoms with Crippen LogP contribution in [0.1, 0.15) is 46.5 Å². The van der Waals surface area contributed by atoms with Gasteiger partial charge in [-0.15, -0.1) is 0 Å². The van der Waals surface area contributed by atoms with Gasteiger partial charge in [0, 0.05) is 6.61 Å². The van der Waals surface area contributed by atoms with E-state index in [2.05, 4.69) is 71.8 Å². The lowest BCUT2D eigenvalue weighted by Crippen LogP contribution is -2.42. The second kappa shape index (κ2) is 7.23. The first-order valence-corrected chi connectivity index (χ1v) is 11.8. The Morgan fingerprint density at radius 3 is 2.42 bits per heavy atom. The molecule has 0 spiro atoms. The zero-order valence-electron chi connectivity index (χ0n) is 12.9. The molecule has 1 aliphatic carbocycles. The maximum absolute atomic E-state index is 6.38. The summed E-state index contributed by atoms with van der Waals surface area (Å²) in [6, 6.07) is 0. The molecule has 0 aromatic rings. The average Bonchev–Trinajstić information content (AvgIpc) is 2.24. The van der Waals surface area contributed by atoms with E-state index >= 15 is 0 Å². The summed E-state index contributed by atoms with van der Waals surface area (Å²) in [6.07, 6.45) is 7.56. The molecule has 0 saturated heterocycles. The summed E-state index contributed by atoms with van der Waals surface area (Å²) in [5, 5.41) is 0.319. The summed E-state index contributed by atoms with van der Waals surface area (Å²) in [7, 11) is -1.58. The van der Waals surface area contributed by atoms with Crippen molar-refractivity contribution in [2.45, 2.75) is 64.6 Å². The highest BCUT2D eigenvalue weighted by Gasteiger charge is 2.37. The minimum Gasteiger partial charge on any atom is -0.417 e.